The monoisotopic (exact) mass is 396 g/mol. The summed E-state index contributed by atoms with van der Waals surface area (Å²) in [6.45, 7) is 4.19. The molecule has 0 unspecified atom stereocenters. The molecule has 134 valence electrons. The van der Waals surface area contributed by atoms with Gasteiger partial charge in [0.15, 0.2) is 3.95 Å². The van der Waals surface area contributed by atoms with Crippen LogP contribution in [0.25, 0.3) is 0 Å². The SMILES string of the molecule is COC(=O)[C@@H]1CN(Cn2nc(Nc3cccc(C)c3)sc2=S)CCS1. The molecule has 2 aromatic rings. The summed E-state index contributed by atoms with van der Waals surface area (Å²) in [7, 11) is 1.43. The highest BCUT2D eigenvalue weighted by atomic mass is 32.2. The van der Waals surface area contributed by atoms with E-state index in [0.29, 0.717) is 17.2 Å². The van der Waals surface area contributed by atoms with E-state index in [2.05, 4.69) is 34.4 Å². The van der Waals surface area contributed by atoms with Crippen molar-refractivity contribution < 1.29 is 9.53 Å². The van der Waals surface area contributed by atoms with Crippen molar-refractivity contribution in [3.8, 4) is 0 Å². The number of aryl methyl sites for hydroxylation is 1. The van der Waals surface area contributed by atoms with Gasteiger partial charge >= 0.3 is 5.97 Å². The number of ether oxygens (including phenoxy) is 1. The van der Waals surface area contributed by atoms with Crippen LogP contribution in [0.5, 0.6) is 0 Å². The second-order valence-corrected chi connectivity index (χ2v) is 8.70. The molecular formula is C16H20N4O2S3. The Kier molecular flexibility index (Phi) is 6.10. The fourth-order valence-corrected chi connectivity index (χ4v) is 4.80. The van der Waals surface area contributed by atoms with Crippen LogP contribution in [-0.4, -0.2) is 51.9 Å². The third-order valence-corrected chi connectivity index (χ3v) is 6.21. The van der Waals surface area contributed by atoms with Crippen LogP contribution in [0.15, 0.2) is 24.3 Å². The molecule has 0 bridgehead atoms. The third kappa shape index (κ3) is 4.81. The minimum atomic E-state index is -0.168. The summed E-state index contributed by atoms with van der Waals surface area (Å²) in [6, 6.07) is 8.13. The predicted octanol–water partition coefficient (Wildman–Crippen LogP) is 3.27. The van der Waals surface area contributed by atoms with E-state index in [9.17, 15) is 4.79 Å². The van der Waals surface area contributed by atoms with Crippen LogP contribution in [0.3, 0.4) is 0 Å². The molecule has 0 amide bonds. The summed E-state index contributed by atoms with van der Waals surface area (Å²) in [5, 5.41) is 8.50. The van der Waals surface area contributed by atoms with Crippen molar-refractivity contribution >= 4 is 52.1 Å². The Morgan fingerprint density at radius 3 is 3.12 bits per heavy atom. The van der Waals surface area contributed by atoms with Gasteiger partial charge in [-0.25, -0.2) is 4.68 Å². The molecule has 2 heterocycles. The van der Waals surface area contributed by atoms with E-state index >= 15 is 0 Å². The summed E-state index contributed by atoms with van der Waals surface area (Å²) in [5.41, 5.74) is 2.18. The maximum atomic E-state index is 11.7. The Morgan fingerprint density at radius 2 is 2.36 bits per heavy atom. The van der Waals surface area contributed by atoms with Gasteiger partial charge < -0.3 is 10.1 Å². The summed E-state index contributed by atoms with van der Waals surface area (Å²) < 4.78 is 7.37. The largest absolute Gasteiger partial charge is 0.468 e. The van der Waals surface area contributed by atoms with Crippen LogP contribution in [0.2, 0.25) is 0 Å². The number of hydrogen-bond donors (Lipinski definition) is 1. The van der Waals surface area contributed by atoms with Gasteiger partial charge in [-0.15, -0.1) is 16.9 Å². The van der Waals surface area contributed by atoms with E-state index in [1.54, 1.807) is 11.8 Å². The quantitative estimate of drug-likeness (QED) is 0.615. The number of methoxy groups -OCH3 is 1. The Balaban J connectivity index is 1.66. The lowest BCUT2D eigenvalue weighted by Gasteiger charge is -2.30. The minimum Gasteiger partial charge on any atom is -0.468 e. The van der Waals surface area contributed by atoms with Gasteiger partial charge in [0, 0.05) is 24.5 Å². The summed E-state index contributed by atoms with van der Waals surface area (Å²) in [4.78, 5) is 13.9. The first-order valence-corrected chi connectivity index (χ1v) is 10.2. The molecule has 9 heteroatoms. The molecule has 1 fully saturated rings. The third-order valence-electron chi connectivity index (χ3n) is 3.82. The van der Waals surface area contributed by atoms with Crippen LogP contribution < -0.4 is 5.32 Å². The summed E-state index contributed by atoms with van der Waals surface area (Å²) in [6.07, 6.45) is 0. The van der Waals surface area contributed by atoms with Crippen molar-refractivity contribution in [3.63, 3.8) is 0 Å². The Morgan fingerprint density at radius 1 is 1.52 bits per heavy atom. The molecule has 25 heavy (non-hydrogen) atoms. The van der Waals surface area contributed by atoms with Crippen LogP contribution in [0.4, 0.5) is 10.8 Å². The highest BCUT2D eigenvalue weighted by Crippen LogP contribution is 2.23. The van der Waals surface area contributed by atoms with Gasteiger partial charge in [-0.05, 0) is 36.8 Å². The first-order chi connectivity index (χ1) is 12.0. The van der Waals surface area contributed by atoms with Gasteiger partial charge in [-0.2, -0.15) is 0 Å². The number of nitrogens with one attached hydrogen (secondary N) is 1. The van der Waals surface area contributed by atoms with Crippen LogP contribution >= 0.6 is 35.3 Å². The van der Waals surface area contributed by atoms with Crippen molar-refractivity contribution in [2.75, 3.05) is 31.3 Å². The summed E-state index contributed by atoms with van der Waals surface area (Å²) in [5.74, 6) is 0.726. The number of carbonyl (C=O) groups is 1. The number of thioether (sulfide) groups is 1. The highest BCUT2D eigenvalue weighted by Gasteiger charge is 2.27. The zero-order valence-corrected chi connectivity index (χ0v) is 16.5. The lowest BCUT2D eigenvalue weighted by atomic mass is 10.2. The van der Waals surface area contributed by atoms with Gasteiger partial charge in [0.25, 0.3) is 0 Å². The van der Waals surface area contributed by atoms with Gasteiger partial charge in [0.05, 0.1) is 13.8 Å². The van der Waals surface area contributed by atoms with Gasteiger partial charge in [-0.1, -0.05) is 23.5 Å². The molecule has 1 aromatic heterocycles. The molecule has 1 aliphatic rings. The van der Waals surface area contributed by atoms with E-state index < -0.39 is 0 Å². The normalized spacial score (nSPS) is 18.1. The van der Waals surface area contributed by atoms with Crippen LogP contribution in [0, 0.1) is 10.9 Å². The second-order valence-electron chi connectivity index (χ2n) is 5.77. The molecule has 0 spiro atoms. The maximum Gasteiger partial charge on any atom is 0.320 e. The average Bonchev–Trinajstić information content (AvgIpc) is 2.93. The number of benzene rings is 1. The van der Waals surface area contributed by atoms with Gasteiger partial charge in [0.2, 0.25) is 5.13 Å². The highest BCUT2D eigenvalue weighted by molar-refractivity contribution is 8.00. The number of hydrogen-bond acceptors (Lipinski definition) is 8. The van der Waals surface area contributed by atoms with Crippen LogP contribution in [-0.2, 0) is 16.2 Å². The predicted molar refractivity (Wildman–Crippen MR) is 105 cm³/mol. The number of rotatable bonds is 5. The van der Waals surface area contributed by atoms with Crippen molar-refractivity contribution in [2.45, 2.75) is 18.8 Å². The van der Waals surface area contributed by atoms with E-state index in [1.165, 1.54) is 24.0 Å². The summed E-state index contributed by atoms with van der Waals surface area (Å²) >= 11 is 8.53. The lowest BCUT2D eigenvalue weighted by molar-refractivity contribution is -0.140. The number of nitrogens with zero attached hydrogens (tertiary/aromatic N) is 3. The molecule has 0 aliphatic carbocycles. The van der Waals surface area contributed by atoms with Gasteiger partial charge in [0.1, 0.15) is 5.25 Å². The zero-order valence-electron chi connectivity index (χ0n) is 14.1. The number of aromatic nitrogens is 2. The molecule has 1 aliphatic heterocycles. The molecular weight excluding hydrogens is 376 g/mol. The Hall–Kier alpha value is -1.42. The topological polar surface area (TPSA) is 59.4 Å². The number of carbonyl (C=O) groups excluding carboxylic acids is 1. The van der Waals surface area contributed by atoms with E-state index in [-0.39, 0.29) is 11.2 Å². The fourth-order valence-electron chi connectivity index (χ4n) is 2.59. The Labute approximate surface area is 160 Å². The van der Waals surface area contributed by atoms with Crippen molar-refractivity contribution in [2.24, 2.45) is 0 Å². The minimum absolute atomic E-state index is 0.142. The first-order valence-electron chi connectivity index (χ1n) is 7.88. The van der Waals surface area contributed by atoms with E-state index in [1.807, 2.05) is 16.8 Å². The van der Waals surface area contributed by atoms with Crippen LogP contribution in [0.1, 0.15) is 5.56 Å². The maximum absolute atomic E-state index is 11.7. The van der Waals surface area contributed by atoms with E-state index in [4.69, 9.17) is 17.0 Å². The van der Waals surface area contributed by atoms with Crippen molar-refractivity contribution in [1.29, 1.82) is 0 Å². The second kappa shape index (κ2) is 8.31. The Bertz CT molecular complexity index is 805. The standard InChI is InChI=1S/C16H20N4O2S3/c1-11-4-3-5-12(8-11)17-15-18-20(16(23)25-15)10-19-6-7-24-13(9-19)14(21)22-2/h3-5,8,13H,6-7,9-10H2,1-2H3,(H,17,18)/t13-/m0/s1. The molecule has 1 atom stereocenters. The van der Waals surface area contributed by atoms with Gasteiger partial charge in [-0.3, -0.25) is 9.69 Å². The van der Waals surface area contributed by atoms with Crippen molar-refractivity contribution in [1.82, 2.24) is 14.7 Å². The smallest absolute Gasteiger partial charge is 0.320 e. The zero-order chi connectivity index (χ0) is 17.8. The molecule has 0 saturated carbocycles. The number of anilines is 2. The molecule has 0 radical (unpaired) electrons. The molecule has 6 nitrogen and oxygen atoms in total. The van der Waals surface area contributed by atoms with E-state index in [0.717, 1.165) is 23.1 Å². The lowest BCUT2D eigenvalue weighted by Crippen LogP contribution is -2.42. The average molecular weight is 397 g/mol. The molecule has 1 aromatic carbocycles. The first kappa shape index (κ1) is 18.4. The molecule has 1 saturated heterocycles. The van der Waals surface area contributed by atoms with Crippen molar-refractivity contribution in [3.05, 3.63) is 33.8 Å². The molecule has 1 N–H and O–H groups in total. The molecule has 3 rings (SSSR count). The fraction of sp³-hybridized carbons (Fsp3) is 0.438. The number of esters is 1.